The van der Waals surface area contributed by atoms with E-state index in [2.05, 4.69) is 15.5 Å². The van der Waals surface area contributed by atoms with Gasteiger partial charge < -0.3 is 15.4 Å². The number of esters is 1. The van der Waals surface area contributed by atoms with E-state index in [1.807, 2.05) is 32.0 Å². The van der Waals surface area contributed by atoms with Gasteiger partial charge in [0.15, 0.2) is 0 Å². The Kier molecular flexibility index (Phi) is 6.16. The molecule has 0 spiro atoms. The van der Waals surface area contributed by atoms with Crippen LogP contribution in [0, 0.1) is 13.8 Å². The van der Waals surface area contributed by atoms with Gasteiger partial charge in [0.05, 0.1) is 18.7 Å². The number of hydrogen-bond donors (Lipinski definition) is 2. The average molecular weight is 371 g/mol. The third-order valence-electron chi connectivity index (χ3n) is 5.39. The van der Waals surface area contributed by atoms with Crippen LogP contribution in [0.5, 0.6) is 0 Å². The van der Waals surface area contributed by atoms with Crippen molar-refractivity contribution in [1.82, 2.24) is 15.5 Å². The van der Waals surface area contributed by atoms with Crippen LogP contribution in [0.1, 0.15) is 48.4 Å². The number of hydrogen-bond acceptors (Lipinski definition) is 4. The molecule has 6 nitrogen and oxygen atoms in total. The number of carbonyl (C=O) groups excluding carboxylic acids is 2. The molecule has 2 aliphatic rings. The number of likely N-dealkylation sites (tertiary alicyclic amines) is 1. The summed E-state index contributed by atoms with van der Waals surface area (Å²) >= 11 is 0. The van der Waals surface area contributed by atoms with Crippen LogP contribution in [0.4, 0.5) is 4.79 Å². The highest BCUT2D eigenvalue weighted by Gasteiger charge is 2.34. The van der Waals surface area contributed by atoms with E-state index in [1.54, 1.807) is 0 Å². The Labute approximate surface area is 161 Å². The third-order valence-corrected chi connectivity index (χ3v) is 5.39. The molecule has 2 amide bonds. The van der Waals surface area contributed by atoms with E-state index < -0.39 is 12.0 Å². The standard InChI is InChI=1S/C21H29N3O3/c1-14-8-9-15(2)16(12-14)19-18(20(25)27-3)17(22-21(26)23-19)13-24-10-6-4-5-7-11-24/h8-9,12,19H,4-7,10-11,13H2,1-3H3,(H2,22,23,26)/t19-/m0/s1. The molecule has 0 bridgehead atoms. The van der Waals surface area contributed by atoms with Gasteiger partial charge in [0.1, 0.15) is 0 Å². The molecular weight excluding hydrogens is 342 g/mol. The van der Waals surface area contributed by atoms with Crippen molar-refractivity contribution in [1.29, 1.82) is 0 Å². The Balaban J connectivity index is 2.01. The van der Waals surface area contributed by atoms with E-state index in [1.165, 1.54) is 20.0 Å². The van der Waals surface area contributed by atoms with E-state index in [9.17, 15) is 9.59 Å². The molecule has 2 heterocycles. The van der Waals surface area contributed by atoms with Gasteiger partial charge in [-0.15, -0.1) is 0 Å². The summed E-state index contributed by atoms with van der Waals surface area (Å²) in [5.41, 5.74) is 4.19. The number of urea groups is 1. The fourth-order valence-electron chi connectivity index (χ4n) is 3.92. The molecule has 146 valence electrons. The summed E-state index contributed by atoms with van der Waals surface area (Å²) in [5.74, 6) is -0.404. The fourth-order valence-corrected chi connectivity index (χ4v) is 3.92. The average Bonchev–Trinajstić information content (AvgIpc) is 2.91. The Morgan fingerprint density at radius 3 is 2.56 bits per heavy atom. The summed E-state index contributed by atoms with van der Waals surface area (Å²) in [6, 6.07) is 5.29. The zero-order valence-electron chi connectivity index (χ0n) is 16.4. The second kappa shape index (κ2) is 8.57. The van der Waals surface area contributed by atoms with Crippen molar-refractivity contribution >= 4 is 12.0 Å². The molecule has 0 aliphatic carbocycles. The normalized spacial score (nSPS) is 21.3. The quantitative estimate of drug-likeness (QED) is 0.799. The van der Waals surface area contributed by atoms with E-state index in [4.69, 9.17) is 4.74 Å². The van der Waals surface area contributed by atoms with Gasteiger partial charge in [0.2, 0.25) is 0 Å². The van der Waals surface area contributed by atoms with Crippen molar-refractivity contribution in [3.63, 3.8) is 0 Å². The minimum Gasteiger partial charge on any atom is -0.466 e. The first-order valence-electron chi connectivity index (χ1n) is 9.68. The first-order valence-corrected chi connectivity index (χ1v) is 9.68. The van der Waals surface area contributed by atoms with Crippen LogP contribution in [0.15, 0.2) is 29.5 Å². The van der Waals surface area contributed by atoms with E-state index in [0.29, 0.717) is 17.8 Å². The minimum atomic E-state index is -0.506. The molecule has 1 fully saturated rings. The summed E-state index contributed by atoms with van der Waals surface area (Å²) in [6.45, 7) is 6.52. The lowest BCUT2D eigenvalue weighted by atomic mass is 9.91. The SMILES string of the molecule is COC(=O)C1=C(CN2CCCCCC2)NC(=O)N[C@H]1c1cc(C)ccc1C. The van der Waals surface area contributed by atoms with Gasteiger partial charge in [-0.25, -0.2) is 9.59 Å². The van der Waals surface area contributed by atoms with Crippen LogP contribution < -0.4 is 10.6 Å². The first-order chi connectivity index (χ1) is 13.0. The van der Waals surface area contributed by atoms with Gasteiger partial charge in [0.25, 0.3) is 0 Å². The van der Waals surface area contributed by atoms with Crippen LogP contribution in [0.3, 0.4) is 0 Å². The van der Waals surface area contributed by atoms with Crippen LogP contribution in [0.2, 0.25) is 0 Å². The molecule has 0 aromatic heterocycles. The number of rotatable bonds is 4. The van der Waals surface area contributed by atoms with Crippen LogP contribution in [0.25, 0.3) is 0 Å². The van der Waals surface area contributed by atoms with Crippen molar-refractivity contribution in [3.05, 3.63) is 46.2 Å². The highest BCUT2D eigenvalue weighted by atomic mass is 16.5. The van der Waals surface area contributed by atoms with Crippen LogP contribution in [-0.4, -0.2) is 43.6 Å². The third kappa shape index (κ3) is 4.50. The Morgan fingerprint density at radius 2 is 1.89 bits per heavy atom. The molecule has 2 N–H and O–H groups in total. The van der Waals surface area contributed by atoms with Crippen LogP contribution in [-0.2, 0) is 9.53 Å². The van der Waals surface area contributed by atoms with Crippen molar-refractivity contribution in [2.24, 2.45) is 0 Å². The zero-order chi connectivity index (χ0) is 19.4. The predicted octanol–water partition coefficient (Wildman–Crippen LogP) is 2.96. The summed E-state index contributed by atoms with van der Waals surface area (Å²) in [6.07, 6.45) is 4.76. The monoisotopic (exact) mass is 371 g/mol. The Hall–Kier alpha value is -2.34. The molecule has 1 aromatic carbocycles. The highest BCUT2D eigenvalue weighted by Crippen LogP contribution is 2.31. The van der Waals surface area contributed by atoms with Crippen molar-refractivity contribution in [3.8, 4) is 0 Å². The number of nitrogens with zero attached hydrogens (tertiary/aromatic N) is 1. The molecule has 1 atom stereocenters. The summed E-state index contributed by atoms with van der Waals surface area (Å²) in [4.78, 5) is 27.4. The molecule has 6 heteroatoms. The minimum absolute atomic E-state index is 0.279. The Morgan fingerprint density at radius 1 is 1.19 bits per heavy atom. The predicted molar refractivity (Wildman–Crippen MR) is 104 cm³/mol. The molecule has 2 aliphatic heterocycles. The molecule has 1 saturated heterocycles. The number of ether oxygens (including phenoxy) is 1. The van der Waals surface area contributed by atoms with Crippen molar-refractivity contribution < 1.29 is 14.3 Å². The van der Waals surface area contributed by atoms with Gasteiger partial charge >= 0.3 is 12.0 Å². The molecule has 27 heavy (non-hydrogen) atoms. The molecule has 3 rings (SSSR count). The number of methoxy groups -OCH3 is 1. The topological polar surface area (TPSA) is 70.7 Å². The highest BCUT2D eigenvalue weighted by molar-refractivity contribution is 5.95. The maximum absolute atomic E-state index is 12.7. The van der Waals surface area contributed by atoms with Crippen molar-refractivity contribution in [2.75, 3.05) is 26.7 Å². The lowest BCUT2D eigenvalue weighted by molar-refractivity contribution is -0.136. The Bertz CT molecular complexity index is 749. The maximum Gasteiger partial charge on any atom is 0.338 e. The molecule has 0 saturated carbocycles. The number of nitrogens with one attached hydrogen (secondary N) is 2. The second-order valence-corrected chi connectivity index (χ2v) is 7.47. The smallest absolute Gasteiger partial charge is 0.338 e. The first kappa shape index (κ1) is 19.4. The maximum atomic E-state index is 12.7. The van der Waals surface area contributed by atoms with E-state index >= 15 is 0 Å². The molecule has 0 unspecified atom stereocenters. The fraction of sp³-hybridized carbons (Fsp3) is 0.524. The van der Waals surface area contributed by atoms with Gasteiger partial charge in [-0.1, -0.05) is 36.6 Å². The lowest BCUT2D eigenvalue weighted by Crippen LogP contribution is -2.48. The largest absolute Gasteiger partial charge is 0.466 e. The number of amides is 2. The van der Waals surface area contributed by atoms with Gasteiger partial charge in [-0.05, 0) is 50.9 Å². The summed E-state index contributed by atoms with van der Waals surface area (Å²) < 4.78 is 5.08. The van der Waals surface area contributed by atoms with E-state index in [0.717, 1.165) is 42.6 Å². The van der Waals surface area contributed by atoms with Gasteiger partial charge in [-0.2, -0.15) is 0 Å². The van der Waals surface area contributed by atoms with Crippen molar-refractivity contribution in [2.45, 2.75) is 45.6 Å². The lowest BCUT2D eigenvalue weighted by Gasteiger charge is -2.32. The van der Waals surface area contributed by atoms with Crippen LogP contribution >= 0.6 is 0 Å². The molecule has 1 aromatic rings. The summed E-state index contributed by atoms with van der Waals surface area (Å²) in [7, 11) is 1.38. The molecule has 0 radical (unpaired) electrons. The van der Waals surface area contributed by atoms with Gasteiger partial charge in [0, 0.05) is 12.2 Å². The second-order valence-electron chi connectivity index (χ2n) is 7.47. The number of carbonyl (C=O) groups is 2. The zero-order valence-corrected chi connectivity index (χ0v) is 16.4. The van der Waals surface area contributed by atoms with E-state index in [-0.39, 0.29) is 6.03 Å². The number of aryl methyl sites for hydroxylation is 2. The molecular formula is C21H29N3O3. The van der Waals surface area contributed by atoms with Gasteiger partial charge in [-0.3, -0.25) is 4.90 Å². The summed E-state index contributed by atoms with van der Waals surface area (Å²) in [5, 5.41) is 5.79. The number of benzene rings is 1.